The minimum absolute atomic E-state index is 0.187. The molecule has 1 atom stereocenters. The molecule has 3 heteroatoms. The minimum Gasteiger partial charge on any atom is -0.466 e. The van der Waals surface area contributed by atoms with Gasteiger partial charge >= 0.3 is 0 Å². The number of furan rings is 1. The minimum atomic E-state index is -0.346. The van der Waals surface area contributed by atoms with Gasteiger partial charge in [0.05, 0.1) is 12.9 Å². The molecule has 0 bridgehead atoms. The highest BCUT2D eigenvalue weighted by Crippen LogP contribution is 2.27. The molecule has 3 rings (SSSR count). The van der Waals surface area contributed by atoms with E-state index in [1.54, 1.807) is 24.5 Å². The summed E-state index contributed by atoms with van der Waals surface area (Å²) in [5.74, 6) is 0.446. The second-order valence-corrected chi connectivity index (χ2v) is 4.71. The van der Waals surface area contributed by atoms with Crippen LogP contribution in [0.5, 0.6) is 0 Å². The zero-order valence-electron chi connectivity index (χ0n) is 11.4. The number of rotatable bonds is 5. The Morgan fingerprint density at radius 3 is 2.38 bits per heavy atom. The zero-order chi connectivity index (χ0) is 14.5. The van der Waals surface area contributed by atoms with Crippen LogP contribution in [-0.4, -0.2) is 0 Å². The lowest BCUT2D eigenvalue weighted by molar-refractivity contribution is 0.0508. The Kier molecular flexibility index (Phi) is 4.12. The fourth-order valence-corrected chi connectivity index (χ4v) is 2.20. The maximum Gasteiger partial charge on any atom is 0.141 e. The smallest absolute Gasteiger partial charge is 0.141 e. The van der Waals surface area contributed by atoms with Gasteiger partial charge < -0.3 is 9.15 Å². The van der Waals surface area contributed by atoms with Gasteiger partial charge in [0.1, 0.15) is 17.7 Å². The van der Waals surface area contributed by atoms with Crippen LogP contribution in [0.1, 0.15) is 23.0 Å². The van der Waals surface area contributed by atoms with E-state index in [0.717, 1.165) is 5.56 Å². The Balaban J connectivity index is 1.82. The molecule has 0 aliphatic carbocycles. The van der Waals surface area contributed by atoms with E-state index in [4.69, 9.17) is 9.15 Å². The van der Waals surface area contributed by atoms with Gasteiger partial charge in [-0.15, -0.1) is 0 Å². The Morgan fingerprint density at radius 1 is 0.905 bits per heavy atom. The number of hydrogen-bond donors (Lipinski definition) is 0. The Labute approximate surface area is 122 Å². The molecular formula is C18H15FO2. The molecule has 1 heterocycles. The van der Waals surface area contributed by atoms with Gasteiger partial charge in [-0.05, 0) is 23.8 Å². The second-order valence-electron chi connectivity index (χ2n) is 4.71. The lowest BCUT2D eigenvalue weighted by Crippen LogP contribution is -2.06. The monoisotopic (exact) mass is 282 g/mol. The first-order valence-electron chi connectivity index (χ1n) is 6.78. The van der Waals surface area contributed by atoms with Crippen molar-refractivity contribution in [1.29, 1.82) is 0 Å². The third-order valence-electron chi connectivity index (χ3n) is 3.27. The van der Waals surface area contributed by atoms with E-state index in [1.807, 2.05) is 42.5 Å². The molecular weight excluding hydrogens is 267 g/mol. The molecule has 2 aromatic carbocycles. The average Bonchev–Trinajstić information content (AvgIpc) is 3.04. The predicted molar refractivity (Wildman–Crippen MR) is 78.2 cm³/mol. The van der Waals surface area contributed by atoms with E-state index in [9.17, 15) is 4.39 Å². The van der Waals surface area contributed by atoms with Crippen LogP contribution >= 0.6 is 0 Å². The fraction of sp³-hybridized carbons (Fsp3) is 0.111. The SMILES string of the molecule is Fc1ccccc1COC(c1ccccc1)c1ccco1. The molecule has 3 aromatic rings. The third-order valence-corrected chi connectivity index (χ3v) is 3.27. The third kappa shape index (κ3) is 3.20. The van der Waals surface area contributed by atoms with E-state index in [2.05, 4.69) is 0 Å². The normalized spacial score (nSPS) is 12.2. The summed E-state index contributed by atoms with van der Waals surface area (Å²) in [6, 6.07) is 20.1. The van der Waals surface area contributed by atoms with Gasteiger partial charge in [0.25, 0.3) is 0 Å². The number of hydrogen-bond acceptors (Lipinski definition) is 2. The van der Waals surface area contributed by atoms with Crippen LogP contribution in [0.25, 0.3) is 0 Å². The van der Waals surface area contributed by atoms with Crippen molar-refractivity contribution in [2.75, 3.05) is 0 Å². The molecule has 1 aromatic heterocycles. The van der Waals surface area contributed by atoms with Crippen molar-refractivity contribution in [1.82, 2.24) is 0 Å². The lowest BCUT2D eigenvalue weighted by Gasteiger charge is -2.16. The van der Waals surface area contributed by atoms with Crippen molar-refractivity contribution in [3.05, 3.63) is 95.7 Å². The van der Waals surface area contributed by atoms with Crippen molar-refractivity contribution >= 4 is 0 Å². The van der Waals surface area contributed by atoms with Gasteiger partial charge in [0.2, 0.25) is 0 Å². The summed E-state index contributed by atoms with van der Waals surface area (Å²) in [5, 5.41) is 0. The van der Waals surface area contributed by atoms with Crippen LogP contribution in [0.4, 0.5) is 4.39 Å². The second kappa shape index (κ2) is 6.37. The van der Waals surface area contributed by atoms with Gasteiger partial charge in [0, 0.05) is 5.56 Å². The van der Waals surface area contributed by atoms with Gasteiger partial charge in [-0.1, -0.05) is 48.5 Å². The Hall–Kier alpha value is -2.39. The standard InChI is InChI=1S/C18H15FO2/c19-16-10-5-4-9-15(16)13-21-18(17-11-6-12-20-17)14-7-2-1-3-8-14/h1-12,18H,13H2. The summed E-state index contributed by atoms with van der Waals surface area (Å²) in [6.07, 6.45) is 1.26. The maximum atomic E-state index is 13.7. The summed E-state index contributed by atoms with van der Waals surface area (Å²) >= 11 is 0. The first-order valence-corrected chi connectivity index (χ1v) is 6.78. The van der Waals surface area contributed by atoms with Crippen LogP contribution < -0.4 is 0 Å². The van der Waals surface area contributed by atoms with Crippen LogP contribution in [-0.2, 0) is 11.3 Å². The lowest BCUT2D eigenvalue weighted by atomic mass is 10.1. The zero-order valence-corrected chi connectivity index (χ0v) is 11.4. The van der Waals surface area contributed by atoms with E-state index >= 15 is 0 Å². The molecule has 0 amide bonds. The molecule has 106 valence electrons. The van der Waals surface area contributed by atoms with Gasteiger partial charge in [-0.25, -0.2) is 4.39 Å². The summed E-state index contributed by atoms with van der Waals surface area (Å²) in [5.41, 5.74) is 1.51. The van der Waals surface area contributed by atoms with E-state index in [0.29, 0.717) is 11.3 Å². The van der Waals surface area contributed by atoms with E-state index in [-0.39, 0.29) is 18.5 Å². The van der Waals surface area contributed by atoms with E-state index < -0.39 is 0 Å². The van der Waals surface area contributed by atoms with E-state index in [1.165, 1.54) is 6.07 Å². The molecule has 0 aliphatic heterocycles. The fourth-order valence-electron chi connectivity index (χ4n) is 2.20. The van der Waals surface area contributed by atoms with Crippen LogP contribution in [0, 0.1) is 5.82 Å². The highest BCUT2D eigenvalue weighted by molar-refractivity contribution is 5.25. The van der Waals surface area contributed by atoms with Crippen molar-refractivity contribution in [3.63, 3.8) is 0 Å². The molecule has 0 saturated carbocycles. The molecule has 0 fully saturated rings. The van der Waals surface area contributed by atoms with Crippen molar-refractivity contribution in [2.45, 2.75) is 12.7 Å². The summed E-state index contributed by atoms with van der Waals surface area (Å²) < 4.78 is 25.0. The molecule has 21 heavy (non-hydrogen) atoms. The molecule has 0 radical (unpaired) electrons. The maximum absolute atomic E-state index is 13.7. The molecule has 1 unspecified atom stereocenters. The predicted octanol–water partition coefficient (Wildman–Crippen LogP) is 4.72. The highest BCUT2D eigenvalue weighted by atomic mass is 19.1. The topological polar surface area (TPSA) is 22.4 Å². The molecule has 2 nitrogen and oxygen atoms in total. The van der Waals surface area contributed by atoms with Gasteiger partial charge in [-0.2, -0.15) is 0 Å². The first-order chi connectivity index (χ1) is 10.3. The summed E-state index contributed by atoms with van der Waals surface area (Å²) in [4.78, 5) is 0. The Bertz CT molecular complexity index is 677. The largest absolute Gasteiger partial charge is 0.466 e. The van der Waals surface area contributed by atoms with Crippen LogP contribution in [0.2, 0.25) is 0 Å². The molecule has 0 N–H and O–H groups in total. The number of ether oxygens (including phenoxy) is 1. The number of halogens is 1. The molecule has 0 saturated heterocycles. The van der Waals surface area contributed by atoms with Crippen molar-refractivity contribution in [3.8, 4) is 0 Å². The summed E-state index contributed by atoms with van der Waals surface area (Å²) in [7, 11) is 0. The van der Waals surface area contributed by atoms with Crippen molar-refractivity contribution < 1.29 is 13.5 Å². The first kappa shape index (κ1) is 13.6. The van der Waals surface area contributed by atoms with Gasteiger partial charge in [0.15, 0.2) is 0 Å². The number of benzene rings is 2. The molecule has 0 aliphatic rings. The average molecular weight is 282 g/mol. The molecule has 0 spiro atoms. The Morgan fingerprint density at radius 2 is 1.67 bits per heavy atom. The van der Waals surface area contributed by atoms with Gasteiger partial charge in [-0.3, -0.25) is 0 Å². The van der Waals surface area contributed by atoms with Crippen LogP contribution in [0.15, 0.2) is 77.4 Å². The van der Waals surface area contributed by atoms with Crippen LogP contribution in [0.3, 0.4) is 0 Å². The summed E-state index contributed by atoms with van der Waals surface area (Å²) in [6.45, 7) is 0.187. The highest BCUT2D eigenvalue weighted by Gasteiger charge is 2.18. The van der Waals surface area contributed by atoms with Crippen molar-refractivity contribution in [2.24, 2.45) is 0 Å². The quantitative estimate of drug-likeness (QED) is 0.675.